The Morgan fingerprint density at radius 2 is 1.82 bits per heavy atom. The Kier molecular flexibility index (Phi) is 5.69. The molecule has 122 valence electrons. The fourth-order valence-electron chi connectivity index (χ4n) is 2.66. The van der Waals surface area contributed by atoms with Crippen LogP contribution < -0.4 is 10.0 Å². The van der Waals surface area contributed by atoms with Crippen LogP contribution in [-0.4, -0.2) is 26.6 Å². The first-order chi connectivity index (χ1) is 10.3. The maximum Gasteiger partial charge on any atom is 0.253 e. The fourth-order valence-corrected chi connectivity index (χ4v) is 3.42. The maximum absolute atomic E-state index is 12.4. The first-order valence-corrected chi connectivity index (χ1v) is 9.70. The molecular weight excluding hydrogens is 324 g/mol. The van der Waals surface area contributed by atoms with E-state index >= 15 is 0 Å². The third kappa shape index (κ3) is 5.18. The van der Waals surface area contributed by atoms with E-state index in [0.29, 0.717) is 16.3 Å². The van der Waals surface area contributed by atoms with Gasteiger partial charge in [-0.2, -0.15) is 0 Å². The minimum atomic E-state index is -3.39. The molecule has 5 nitrogen and oxygen atoms in total. The Labute approximate surface area is 136 Å². The molecule has 0 bridgehead atoms. The molecule has 0 radical (unpaired) electrons. The van der Waals surface area contributed by atoms with Gasteiger partial charge in [0.15, 0.2) is 0 Å². The van der Waals surface area contributed by atoms with Crippen molar-refractivity contribution in [2.45, 2.75) is 44.6 Å². The zero-order chi connectivity index (χ0) is 16.2. The van der Waals surface area contributed by atoms with Gasteiger partial charge in [0, 0.05) is 11.7 Å². The van der Waals surface area contributed by atoms with Gasteiger partial charge in [-0.25, -0.2) is 8.42 Å². The molecule has 1 fully saturated rings. The summed E-state index contributed by atoms with van der Waals surface area (Å²) in [4.78, 5) is 12.4. The fraction of sp³-hybridized carbons (Fsp3) is 0.533. The average Bonchev–Trinajstić information content (AvgIpc) is 2.68. The lowest BCUT2D eigenvalue weighted by atomic mass is 10.1. The van der Waals surface area contributed by atoms with Crippen LogP contribution in [0.5, 0.6) is 0 Å². The summed E-state index contributed by atoms with van der Waals surface area (Å²) in [7, 11) is -3.39. The number of rotatable bonds is 4. The van der Waals surface area contributed by atoms with Gasteiger partial charge in [-0.05, 0) is 31.0 Å². The maximum atomic E-state index is 12.4. The topological polar surface area (TPSA) is 75.3 Å². The van der Waals surface area contributed by atoms with E-state index in [2.05, 4.69) is 10.0 Å². The summed E-state index contributed by atoms with van der Waals surface area (Å²) in [6, 6.07) is 4.69. The highest BCUT2D eigenvalue weighted by atomic mass is 35.5. The predicted octanol–water partition coefficient (Wildman–Crippen LogP) is 3.16. The van der Waals surface area contributed by atoms with E-state index in [1.807, 2.05) is 0 Å². The van der Waals surface area contributed by atoms with Gasteiger partial charge >= 0.3 is 0 Å². The normalized spacial score (nSPS) is 16.8. The summed E-state index contributed by atoms with van der Waals surface area (Å²) in [5.74, 6) is -0.256. The van der Waals surface area contributed by atoms with E-state index in [1.54, 1.807) is 0 Å². The summed E-state index contributed by atoms with van der Waals surface area (Å²) in [6.45, 7) is 0. The van der Waals surface area contributed by atoms with Gasteiger partial charge in [0.25, 0.3) is 5.91 Å². The average molecular weight is 345 g/mol. The zero-order valence-corrected chi connectivity index (χ0v) is 14.1. The number of sulfonamides is 1. The van der Waals surface area contributed by atoms with Gasteiger partial charge in [-0.1, -0.05) is 37.3 Å². The smallest absolute Gasteiger partial charge is 0.253 e. The van der Waals surface area contributed by atoms with Crippen LogP contribution in [-0.2, 0) is 10.0 Å². The van der Waals surface area contributed by atoms with E-state index in [4.69, 9.17) is 11.6 Å². The molecule has 1 amide bonds. The van der Waals surface area contributed by atoms with E-state index in [9.17, 15) is 13.2 Å². The molecule has 1 aliphatic carbocycles. The van der Waals surface area contributed by atoms with E-state index in [1.165, 1.54) is 31.0 Å². The number of halogens is 1. The molecule has 0 aromatic heterocycles. The standard InChI is InChI=1S/C15H21ClN2O3S/c1-22(20,21)18-12-8-9-14(16)13(10-12)15(19)17-11-6-4-2-3-5-7-11/h8-11,18H,2-7H2,1H3,(H,17,19). The number of anilines is 1. The first-order valence-electron chi connectivity index (χ1n) is 7.43. The number of benzene rings is 1. The molecule has 0 atom stereocenters. The molecule has 1 aliphatic rings. The lowest BCUT2D eigenvalue weighted by molar-refractivity contribution is 0.0933. The molecule has 22 heavy (non-hydrogen) atoms. The van der Waals surface area contributed by atoms with Crippen LogP contribution in [0.2, 0.25) is 5.02 Å². The lowest BCUT2D eigenvalue weighted by Crippen LogP contribution is -2.34. The van der Waals surface area contributed by atoms with Crippen molar-refractivity contribution < 1.29 is 13.2 Å². The van der Waals surface area contributed by atoms with Crippen molar-refractivity contribution in [1.82, 2.24) is 5.32 Å². The summed E-state index contributed by atoms with van der Waals surface area (Å²) in [5, 5.41) is 3.32. The molecule has 1 aromatic carbocycles. The molecule has 0 aliphatic heterocycles. The minimum absolute atomic E-state index is 0.164. The largest absolute Gasteiger partial charge is 0.349 e. The highest BCUT2D eigenvalue weighted by molar-refractivity contribution is 7.92. The third-order valence-electron chi connectivity index (χ3n) is 3.70. The molecule has 2 N–H and O–H groups in total. The summed E-state index contributed by atoms with van der Waals surface area (Å²) in [5.41, 5.74) is 0.623. The molecule has 0 unspecified atom stereocenters. The number of hydrogen-bond acceptors (Lipinski definition) is 3. The van der Waals surface area contributed by atoms with Gasteiger partial charge in [-0.15, -0.1) is 0 Å². The monoisotopic (exact) mass is 344 g/mol. The lowest BCUT2D eigenvalue weighted by Gasteiger charge is -2.17. The molecule has 0 heterocycles. The van der Waals surface area contributed by atoms with Crippen molar-refractivity contribution in [3.63, 3.8) is 0 Å². The second-order valence-electron chi connectivity index (χ2n) is 5.73. The van der Waals surface area contributed by atoms with Crippen LogP contribution in [0.3, 0.4) is 0 Å². The molecule has 0 saturated heterocycles. The van der Waals surface area contributed by atoms with Crippen molar-refractivity contribution in [1.29, 1.82) is 0 Å². The number of carbonyl (C=O) groups excluding carboxylic acids is 1. The Morgan fingerprint density at radius 3 is 2.41 bits per heavy atom. The van der Waals surface area contributed by atoms with Crippen molar-refractivity contribution in [3.8, 4) is 0 Å². The van der Waals surface area contributed by atoms with E-state index < -0.39 is 10.0 Å². The first kappa shape index (κ1) is 17.1. The second-order valence-corrected chi connectivity index (χ2v) is 7.89. The third-order valence-corrected chi connectivity index (χ3v) is 4.64. The number of hydrogen-bond donors (Lipinski definition) is 2. The summed E-state index contributed by atoms with van der Waals surface area (Å²) >= 11 is 6.07. The SMILES string of the molecule is CS(=O)(=O)Nc1ccc(Cl)c(C(=O)NC2CCCCCC2)c1. The minimum Gasteiger partial charge on any atom is -0.349 e. The van der Waals surface area contributed by atoms with Crippen LogP contribution in [0.4, 0.5) is 5.69 Å². The number of carbonyl (C=O) groups is 1. The molecule has 0 spiro atoms. The van der Waals surface area contributed by atoms with Crippen LogP contribution in [0, 0.1) is 0 Å². The summed E-state index contributed by atoms with van der Waals surface area (Å²) in [6.07, 6.45) is 7.67. The zero-order valence-electron chi connectivity index (χ0n) is 12.6. The van der Waals surface area contributed by atoms with Crippen LogP contribution >= 0.6 is 11.6 Å². The van der Waals surface area contributed by atoms with E-state index in [0.717, 1.165) is 31.9 Å². The van der Waals surface area contributed by atoms with Crippen LogP contribution in [0.25, 0.3) is 0 Å². The quantitative estimate of drug-likeness (QED) is 0.824. The Balaban J connectivity index is 2.12. The van der Waals surface area contributed by atoms with Crippen LogP contribution in [0.1, 0.15) is 48.9 Å². The highest BCUT2D eigenvalue weighted by Crippen LogP contribution is 2.23. The van der Waals surface area contributed by atoms with Gasteiger partial charge in [0.05, 0.1) is 16.8 Å². The summed E-state index contributed by atoms with van der Waals surface area (Å²) < 4.78 is 24.9. The van der Waals surface area contributed by atoms with E-state index in [-0.39, 0.29) is 11.9 Å². The molecule has 1 aromatic rings. The predicted molar refractivity (Wildman–Crippen MR) is 88.9 cm³/mol. The van der Waals surface area contributed by atoms with Crippen LogP contribution in [0.15, 0.2) is 18.2 Å². The number of amides is 1. The number of nitrogens with one attached hydrogen (secondary N) is 2. The second kappa shape index (κ2) is 7.33. The Hall–Kier alpha value is -1.27. The molecular formula is C15H21ClN2O3S. The highest BCUT2D eigenvalue weighted by Gasteiger charge is 2.18. The molecule has 7 heteroatoms. The molecule has 2 rings (SSSR count). The van der Waals surface area contributed by atoms with Gasteiger partial charge in [-0.3, -0.25) is 9.52 Å². The van der Waals surface area contributed by atoms with Crippen molar-refractivity contribution in [3.05, 3.63) is 28.8 Å². The van der Waals surface area contributed by atoms with Crippen molar-refractivity contribution >= 4 is 33.2 Å². The molecule has 1 saturated carbocycles. The Bertz CT molecular complexity index is 638. The van der Waals surface area contributed by atoms with Gasteiger partial charge < -0.3 is 5.32 Å². The van der Waals surface area contributed by atoms with Crippen molar-refractivity contribution in [2.75, 3.05) is 11.0 Å². The van der Waals surface area contributed by atoms with Crippen molar-refractivity contribution in [2.24, 2.45) is 0 Å². The Morgan fingerprint density at radius 1 is 1.18 bits per heavy atom. The van der Waals surface area contributed by atoms with Gasteiger partial charge in [0.1, 0.15) is 0 Å². The van der Waals surface area contributed by atoms with Gasteiger partial charge in [0.2, 0.25) is 10.0 Å².